The number of nitrogens with one attached hydrogen (secondary N) is 1. The van der Waals surface area contributed by atoms with Crippen LogP contribution in [0.25, 0.3) is 98.0 Å². The van der Waals surface area contributed by atoms with Gasteiger partial charge in [0.25, 0.3) is 0 Å². The van der Waals surface area contributed by atoms with Gasteiger partial charge in [-0.3, -0.25) is 0 Å². The average Bonchev–Trinajstić information content (AvgIpc) is 3.19. The van der Waals surface area contributed by atoms with Crippen LogP contribution in [0.15, 0.2) is 182 Å². The van der Waals surface area contributed by atoms with Crippen LogP contribution in [0.4, 0.5) is 11.4 Å². The molecule has 1 heteroatoms. The summed E-state index contributed by atoms with van der Waals surface area (Å²) < 4.78 is 0. The first kappa shape index (κ1) is 28.2. The summed E-state index contributed by atoms with van der Waals surface area (Å²) in [6, 6.07) is 67.0. The van der Waals surface area contributed by atoms with E-state index in [1.54, 1.807) is 0 Å². The number of hydrogen-bond acceptors (Lipinski definition) is 1. The number of para-hydroxylation sites is 1. The van der Waals surface area contributed by atoms with Crippen molar-refractivity contribution in [3.05, 3.63) is 182 Å². The molecule has 0 aromatic heterocycles. The van der Waals surface area contributed by atoms with Gasteiger partial charge < -0.3 is 5.32 Å². The minimum absolute atomic E-state index is 1.07. The van der Waals surface area contributed by atoms with E-state index in [4.69, 9.17) is 0 Å². The van der Waals surface area contributed by atoms with Crippen LogP contribution in [-0.4, -0.2) is 0 Å². The van der Waals surface area contributed by atoms with Gasteiger partial charge in [0, 0.05) is 16.9 Å². The maximum Gasteiger partial charge on any atom is 0.0470 e. The van der Waals surface area contributed by atoms with Crippen molar-refractivity contribution in [1.29, 1.82) is 0 Å². The fourth-order valence-electron chi connectivity index (χ4n) is 8.44. The third kappa shape index (κ3) is 4.49. The molecule has 1 N–H and O–H groups in total. The van der Waals surface area contributed by atoms with Crippen LogP contribution in [0.1, 0.15) is 0 Å². The van der Waals surface area contributed by atoms with E-state index in [0.717, 1.165) is 11.4 Å². The van der Waals surface area contributed by atoms with Crippen LogP contribution in [0.2, 0.25) is 0 Å². The van der Waals surface area contributed by atoms with E-state index in [2.05, 4.69) is 187 Å². The van der Waals surface area contributed by atoms with Crippen LogP contribution in [-0.2, 0) is 0 Å². The highest BCUT2D eigenvalue weighted by Gasteiger charge is 2.14. The van der Waals surface area contributed by atoms with E-state index in [-0.39, 0.29) is 0 Å². The molecule has 0 aliphatic heterocycles. The van der Waals surface area contributed by atoms with Gasteiger partial charge in [-0.2, -0.15) is 0 Å². The third-order valence-electron chi connectivity index (χ3n) is 10.9. The zero-order valence-electron chi connectivity index (χ0n) is 27.8. The summed E-state index contributed by atoms with van der Waals surface area (Å²) in [5, 5.41) is 19.5. The Kier molecular flexibility index (Phi) is 6.02. The van der Waals surface area contributed by atoms with Crippen LogP contribution in [0.3, 0.4) is 0 Å². The monoisotopic (exact) mass is 645 g/mol. The van der Waals surface area contributed by atoms with Crippen molar-refractivity contribution in [2.24, 2.45) is 0 Å². The maximum absolute atomic E-state index is 3.76. The highest BCUT2D eigenvalue weighted by molar-refractivity contribution is 6.25. The predicted molar refractivity (Wildman–Crippen MR) is 220 cm³/mol. The van der Waals surface area contributed by atoms with Crippen LogP contribution in [0.5, 0.6) is 0 Å². The van der Waals surface area contributed by atoms with Gasteiger partial charge in [-0.25, -0.2) is 0 Å². The molecule has 0 saturated carbocycles. The molecule has 0 unspecified atom stereocenters. The Morgan fingerprint density at radius 3 is 1.18 bits per heavy atom. The van der Waals surface area contributed by atoms with Crippen LogP contribution in [0, 0.1) is 0 Å². The zero-order chi connectivity index (χ0) is 33.5. The lowest BCUT2D eigenvalue weighted by atomic mass is 9.90. The summed E-state index contributed by atoms with van der Waals surface area (Å²) in [4.78, 5) is 0. The molecular formula is C50H31N. The molecule has 0 spiro atoms. The fraction of sp³-hybridized carbons (Fsp3) is 0. The summed E-state index contributed by atoms with van der Waals surface area (Å²) >= 11 is 0. The Labute approximate surface area is 295 Å². The molecule has 0 amide bonds. The van der Waals surface area contributed by atoms with E-state index in [1.807, 2.05) is 0 Å². The van der Waals surface area contributed by atoms with Crippen molar-refractivity contribution < 1.29 is 0 Å². The van der Waals surface area contributed by atoms with Gasteiger partial charge in [0.15, 0.2) is 0 Å². The van der Waals surface area contributed by atoms with E-state index >= 15 is 0 Å². The van der Waals surface area contributed by atoms with Gasteiger partial charge >= 0.3 is 0 Å². The van der Waals surface area contributed by atoms with Crippen molar-refractivity contribution in [2.75, 3.05) is 5.32 Å². The van der Waals surface area contributed by atoms with E-state index in [9.17, 15) is 0 Å². The Hall–Kier alpha value is -6.70. The summed E-state index contributed by atoms with van der Waals surface area (Å²) in [7, 11) is 0. The molecule has 0 fully saturated rings. The van der Waals surface area contributed by atoms with E-state index in [1.165, 1.54) is 98.0 Å². The quantitative estimate of drug-likeness (QED) is 0.184. The summed E-state index contributed by atoms with van der Waals surface area (Å²) in [6.07, 6.45) is 0. The largest absolute Gasteiger partial charge is 0.355 e. The molecule has 0 atom stereocenters. The lowest BCUT2D eigenvalue weighted by molar-refractivity contribution is 1.53. The molecule has 0 aliphatic rings. The van der Waals surface area contributed by atoms with E-state index < -0.39 is 0 Å². The Balaban J connectivity index is 1.01. The molecule has 11 aromatic carbocycles. The molecular weight excluding hydrogens is 615 g/mol. The first-order chi connectivity index (χ1) is 25.2. The molecule has 236 valence electrons. The molecule has 11 aromatic rings. The summed E-state index contributed by atoms with van der Waals surface area (Å²) in [5.74, 6) is 0. The number of hydrogen-bond donors (Lipinski definition) is 1. The first-order valence-electron chi connectivity index (χ1n) is 17.7. The predicted octanol–water partition coefficient (Wildman–Crippen LogP) is 14.2. The molecule has 0 bridgehead atoms. The van der Waals surface area contributed by atoms with Crippen molar-refractivity contribution in [2.45, 2.75) is 0 Å². The van der Waals surface area contributed by atoms with Crippen molar-refractivity contribution in [1.82, 2.24) is 0 Å². The second kappa shape index (κ2) is 10.9. The second-order valence-electron chi connectivity index (χ2n) is 13.8. The minimum Gasteiger partial charge on any atom is -0.355 e. The molecule has 1 nitrogen and oxygen atoms in total. The van der Waals surface area contributed by atoms with Gasteiger partial charge in [-0.05, 0) is 135 Å². The molecule has 0 radical (unpaired) electrons. The van der Waals surface area contributed by atoms with Crippen LogP contribution >= 0.6 is 0 Å². The first-order valence-corrected chi connectivity index (χ1v) is 17.7. The third-order valence-corrected chi connectivity index (χ3v) is 10.9. The Morgan fingerprint density at radius 2 is 0.667 bits per heavy atom. The topological polar surface area (TPSA) is 12.0 Å². The van der Waals surface area contributed by atoms with E-state index in [0.29, 0.717) is 0 Å². The standard InChI is InChI=1S/C50H31N/c1-2-10-44(11-3-1)51-46-30-37(43-28-40-22-18-35-8-5-9-36-19-23-41(29-43)50(40)48(35)36)24-25-45(46)32-14-12-31(13-15-32)42-26-38-20-16-33-6-4-7-34-17-21-39(27-42)49(38)47(33)34/h1-30,51H. The number of benzene rings is 11. The lowest BCUT2D eigenvalue weighted by Gasteiger charge is -2.17. The molecule has 11 rings (SSSR count). The maximum atomic E-state index is 3.76. The van der Waals surface area contributed by atoms with Crippen molar-refractivity contribution in [3.8, 4) is 33.4 Å². The SMILES string of the molecule is c1ccc(Nc2cc(-c3cc4ccc5cccc6ccc(c3)c4c56)ccc2-c2ccc(-c3cc4ccc5cccc6ccc(c3)c4c56)cc2)cc1. The highest BCUT2D eigenvalue weighted by atomic mass is 14.9. The van der Waals surface area contributed by atoms with Gasteiger partial charge in [-0.15, -0.1) is 0 Å². The summed E-state index contributed by atoms with van der Waals surface area (Å²) in [5.41, 5.74) is 9.35. The molecule has 51 heavy (non-hydrogen) atoms. The minimum atomic E-state index is 1.07. The van der Waals surface area contributed by atoms with Gasteiger partial charge in [0.1, 0.15) is 0 Å². The molecule has 0 heterocycles. The second-order valence-corrected chi connectivity index (χ2v) is 13.8. The smallest absolute Gasteiger partial charge is 0.0470 e. The van der Waals surface area contributed by atoms with Crippen molar-refractivity contribution >= 4 is 76.0 Å². The highest BCUT2D eigenvalue weighted by Crippen LogP contribution is 2.41. The summed E-state index contributed by atoms with van der Waals surface area (Å²) in [6.45, 7) is 0. The van der Waals surface area contributed by atoms with Crippen molar-refractivity contribution in [3.63, 3.8) is 0 Å². The van der Waals surface area contributed by atoms with Gasteiger partial charge in [0.2, 0.25) is 0 Å². The van der Waals surface area contributed by atoms with Gasteiger partial charge in [-0.1, -0.05) is 140 Å². The number of anilines is 2. The van der Waals surface area contributed by atoms with Crippen LogP contribution < -0.4 is 5.32 Å². The Morgan fingerprint density at radius 1 is 0.255 bits per heavy atom. The fourth-order valence-corrected chi connectivity index (χ4v) is 8.44. The molecule has 0 aliphatic carbocycles. The lowest BCUT2D eigenvalue weighted by Crippen LogP contribution is -1.95. The normalized spacial score (nSPS) is 11.9. The molecule has 0 saturated heterocycles. The zero-order valence-corrected chi connectivity index (χ0v) is 27.8. The Bertz CT molecular complexity index is 2950. The van der Waals surface area contributed by atoms with Gasteiger partial charge in [0.05, 0.1) is 0 Å². The number of rotatable bonds is 5. The average molecular weight is 646 g/mol.